The zero-order valence-corrected chi connectivity index (χ0v) is 11.9. The minimum absolute atomic E-state index is 0.121. The van der Waals surface area contributed by atoms with E-state index in [9.17, 15) is 13.6 Å². The number of hydrogen-bond acceptors (Lipinski definition) is 3. The first-order chi connectivity index (χ1) is 9.32. The maximum absolute atomic E-state index is 14.2. The fourth-order valence-electron chi connectivity index (χ4n) is 2.31. The van der Waals surface area contributed by atoms with E-state index in [1.54, 1.807) is 0 Å². The summed E-state index contributed by atoms with van der Waals surface area (Å²) in [5.74, 6) is -1.89. The third kappa shape index (κ3) is 2.53. The Morgan fingerprint density at radius 1 is 1.35 bits per heavy atom. The highest BCUT2D eigenvalue weighted by Gasteiger charge is 2.33. The molecule has 1 amide bonds. The van der Waals surface area contributed by atoms with Gasteiger partial charge in [0.2, 0.25) is 5.91 Å². The number of halogens is 2. The molecular weight excluding hydrogens is 264 g/mol. The zero-order valence-electron chi connectivity index (χ0n) is 11.9. The van der Waals surface area contributed by atoms with Gasteiger partial charge in [0.25, 0.3) is 0 Å². The van der Waals surface area contributed by atoms with Crippen LogP contribution in [0.3, 0.4) is 0 Å². The molecule has 1 saturated heterocycles. The number of benzene rings is 1. The van der Waals surface area contributed by atoms with Gasteiger partial charge >= 0.3 is 0 Å². The molecule has 1 heterocycles. The van der Waals surface area contributed by atoms with Crippen LogP contribution < -0.4 is 10.6 Å². The van der Waals surface area contributed by atoms with Crippen LogP contribution in [0.25, 0.3) is 0 Å². The number of carbonyl (C=O) groups excluding carboxylic acids is 1. The maximum Gasteiger partial charge on any atom is 0.244 e. The zero-order chi connectivity index (χ0) is 15.0. The minimum Gasteiger partial charge on any atom is -0.320 e. The molecule has 1 fully saturated rings. The van der Waals surface area contributed by atoms with E-state index in [0.717, 1.165) is 4.90 Å². The molecule has 1 aliphatic heterocycles. The Morgan fingerprint density at radius 3 is 2.30 bits per heavy atom. The normalized spacial score (nSPS) is 20.9. The fourth-order valence-corrected chi connectivity index (χ4v) is 2.31. The van der Waals surface area contributed by atoms with Crippen LogP contribution in [0.2, 0.25) is 0 Å². The Bertz CT molecular complexity index is 510. The lowest BCUT2D eigenvalue weighted by Crippen LogP contribution is -2.35. The second-order valence-corrected chi connectivity index (χ2v) is 5.36. The van der Waals surface area contributed by atoms with Gasteiger partial charge in [0, 0.05) is 12.6 Å². The Kier molecular flexibility index (Phi) is 4.06. The predicted molar refractivity (Wildman–Crippen MR) is 73.4 cm³/mol. The van der Waals surface area contributed by atoms with E-state index in [1.807, 2.05) is 25.9 Å². The van der Waals surface area contributed by atoms with Crippen molar-refractivity contribution in [3.05, 3.63) is 29.3 Å². The molecule has 0 bridgehead atoms. The third-order valence-corrected chi connectivity index (χ3v) is 3.81. The summed E-state index contributed by atoms with van der Waals surface area (Å²) in [6.45, 7) is 2.10. The average Bonchev–Trinajstić information content (AvgIpc) is 2.69. The van der Waals surface area contributed by atoms with Crippen molar-refractivity contribution in [2.45, 2.75) is 25.4 Å². The molecule has 0 aromatic heterocycles. The van der Waals surface area contributed by atoms with Crippen LogP contribution in [0.4, 0.5) is 14.5 Å². The SMILES string of the molecule is C[C@H](c1cc(F)c(N2CC[C@H](N)C2=O)c(F)c1)N(C)C. The molecule has 0 saturated carbocycles. The summed E-state index contributed by atoms with van der Waals surface area (Å²) in [5, 5.41) is 0. The van der Waals surface area contributed by atoms with Gasteiger partial charge in [0.15, 0.2) is 0 Å². The number of nitrogens with zero attached hydrogens (tertiary/aromatic N) is 2. The summed E-state index contributed by atoms with van der Waals surface area (Å²) >= 11 is 0. The number of anilines is 1. The molecule has 2 N–H and O–H groups in total. The standard InChI is InChI=1S/C14H19F2N3O/c1-8(18(2)3)9-6-10(15)13(11(16)7-9)19-5-4-12(17)14(19)20/h6-8,12H,4-5,17H2,1-3H3/t8-,12+/m1/s1. The molecule has 0 radical (unpaired) electrons. The molecular formula is C14H19F2N3O. The largest absolute Gasteiger partial charge is 0.320 e. The number of nitrogens with two attached hydrogens (primary N) is 1. The molecule has 6 heteroatoms. The molecule has 4 nitrogen and oxygen atoms in total. The van der Waals surface area contributed by atoms with Gasteiger partial charge in [-0.05, 0) is 45.1 Å². The van der Waals surface area contributed by atoms with Gasteiger partial charge in [0.05, 0.1) is 6.04 Å². The van der Waals surface area contributed by atoms with Gasteiger partial charge in [0.1, 0.15) is 17.3 Å². The van der Waals surface area contributed by atoms with E-state index in [-0.39, 0.29) is 18.3 Å². The highest BCUT2D eigenvalue weighted by Crippen LogP contribution is 2.31. The van der Waals surface area contributed by atoms with Crippen LogP contribution in [-0.2, 0) is 4.79 Å². The Balaban J connectivity index is 2.40. The van der Waals surface area contributed by atoms with Gasteiger partial charge in [-0.1, -0.05) is 0 Å². The monoisotopic (exact) mass is 283 g/mol. The van der Waals surface area contributed by atoms with Gasteiger partial charge in [-0.2, -0.15) is 0 Å². The lowest BCUT2D eigenvalue weighted by atomic mass is 10.1. The molecule has 1 aromatic carbocycles. The molecule has 1 aromatic rings. The van der Waals surface area contributed by atoms with Gasteiger partial charge in [-0.25, -0.2) is 8.78 Å². The van der Waals surface area contributed by atoms with Crippen molar-refractivity contribution in [1.82, 2.24) is 4.90 Å². The summed E-state index contributed by atoms with van der Waals surface area (Å²) in [7, 11) is 3.66. The van der Waals surface area contributed by atoms with Gasteiger partial charge in [-0.15, -0.1) is 0 Å². The van der Waals surface area contributed by atoms with Crippen molar-refractivity contribution in [3.63, 3.8) is 0 Å². The van der Waals surface area contributed by atoms with E-state index >= 15 is 0 Å². The van der Waals surface area contributed by atoms with Crippen molar-refractivity contribution in [2.24, 2.45) is 5.73 Å². The number of rotatable bonds is 3. The number of carbonyl (C=O) groups is 1. The molecule has 0 spiro atoms. The molecule has 0 aliphatic carbocycles. The van der Waals surface area contributed by atoms with Crippen LogP contribution in [0.1, 0.15) is 24.9 Å². The van der Waals surface area contributed by atoms with E-state index in [0.29, 0.717) is 12.0 Å². The average molecular weight is 283 g/mol. The first-order valence-electron chi connectivity index (χ1n) is 6.55. The van der Waals surface area contributed by atoms with Crippen LogP contribution >= 0.6 is 0 Å². The Morgan fingerprint density at radius 2 is 1.90 bits per heavy atom. The summed E-state index contributed by atoms with van der Waals surface area (Å²) in [4.78, 5) is 14.7. The second kappa shape index (κ2) is 5.46. The van der Waals surface area contributed by atoms with Gasteiger partial charge in [-0.3, -0.25) is 4.79 Å². The predicted octanol–water partition coefficient (Wildman–Crippen LogP) is 1.65. The first kappa shape index (κ1) is 14.9. The van der Waals surface area contributed by atoms with Crippen molar-refractivity contribution < 1.29 is 13.6 Å². The molecule has 20 heavy (non-hydrogen) atoms. The van der Waals surface area contributed by atoms with E-state index < -0.39 is 23.6 Å². The quantitative estimate of drug-likeness (QED) is 0.917. The summed E-state index contributed by atoms with van der Waals surface area (Å²) in [6.07, 6.45) is 0.410. The maximum atomic E-state index is 14.2. The lowest BCUT2D eigenvalue weighted by molar-refractivity contribution is -0.118. The smallest absolute Gasteiger partial charge is 0.244 e. The van der Waals surface area contributed by atoms with Crippen molar-refractivity contribution in [1.29, 1.82) is 0 Å². The third-order valence-electron chi connectivity index (χ3n) is 3.81. The Hall–Kier alpha value is -1.53. The molecule has 2 rings (SSSR count). The number of hydrogen-bond donors (Lipinski definition) is 1. The molecule has 2 atom stereocenters. The molecule has 110 valence electrons. The summed E-state index contributed by atoms with van der Waals surface area (Å²) < 4.78 is 28.4. The second-order valence-electron chi connectivity index (χ2n) is 5.36. The van der Waals surface area contributed by atoms with E-state index in [4.69, 9.17) is 5.73 Å². The van der Waals surface area contributed by atoms with Crippen molar-refractivity contribution in [3.8, 4) is 0 Å². The lowest BCUT2D eigenvalue weighted by Gasteiger charge is -2.23. The van der Waals surface area contributed by atoms with Crippen LogP contribution in [0.15, 0.2) is 12.1 Å². The Labute approximate surface area is 117 Å². The topological polar surface area (TPSA) is 49.6 Å². The molecule has 0 unspecified atom stereocenters. The molecule has 1 aliphatic rings. The summed E-state index contributed by atoms with van der Waals surface area (Å²) in [6, 6.07) is 1.76. The first-order valence-corrected chi connectivity index (χ1v) is 6.55. The highest BCUT2D eigenvalue weighted by molar-refractivity contribution is 5.99. The van der Waals surface area contributed by atoms with Gasteiger partial charge < -0.3 is 15.5 Å². The highest BCUT2D eigenvalue weighted by atomic mass is 19.1. The minimum atomic E-state index is -0.726. The number of amides is 1. The van der Waals surface area contributed by atoms with E-state index in [1.165, 1.54) is 12.1 Å². The summed E-state index contributed by atoms with van der Waals surface area (Å²) in [5.41, 5.74) is 5.82. The van der Waals surface area contributed by atoms with Crippen molar-refractivity contribution in [2.75, 3.05) is 25.5 Å². The van der Waals surface area contributed by atoms with E-state index in [2.05, 4.69) is 0 Å². The van der Waals surface area contributed by atoms with Crippen LogP contribution in [0, 0.1) is 11.6 Å². The van der Waals surface area contributed by atoms with Crippen LogP contribution in [-0.4, -0.2) is 37.5 Å². The fraction of sp³-hybridized carbons (Fsp3) is 0.500. The van der Waals surface area contributed by atoms with Crippen molar-refractivity contribution >= 4 is 11.6 Å². The van der Waals surface area contributed by atoms with Crippen LogP contribution in [0.5, 0.6) is 0 Å².